The molecule has 98 valence electrons. The Labute approximate surface area is 112 Å². The third-order valence-corrected chi connectivity index (χ3v) is 3.53. The van der Waals surface area contributed by atoms with Crippen LogP contribution in [0.15, 0.2) is 36.9 Å². The Morgan fingerprint density at radius 2 is 2.26 bits per heavy atom. The third kappa shape index (κ3) is 2.14. The van der Waals surface area contributed by atoms with Gasteiger partial charge in [0.05, 0.1) is 6.20 Å². The number of rotatable bonds is 4. The summed E-state index contributed by atoms with van der Waals surface area (Å²) in [5.41, 5.74) is 3.25. The summed E-state index contributed by atoms with van der Waals surface area (Å²) < 4.78 is 2.05. The first-order chi connectivity index (χ1) is 9.29. The lowest BCUT2D eigenvalue weighted by Gasteiger charge is -2.09. The molecule has 1 atom stereocenters. The molecule has 0 aliphatic heterocycles. The van der Waals surface area contributed by atoms with Crippen molar-refractivity contribution in [2.45, 2.75) is 32.7 Å². The van der Waals surface area contributed by atoms with Gasteiger partial charge in [0.1, 0.15) is 5.65 Å². The molecule has 1 N–H and O–H groups in total. The van der Waals surface area contributed by atoms with E-state index in [0.29, 0.717) is 6.04 Å². The van der Waals surface area contributed by atoms with Crippen molar-refractivity contribution in [3.63, 3.8) is 0 Å². The highest BCUT2D eigenvalue weighted by atomic mass is 15.3. The zero-order valence-corrected chi connectivity index (χ0v) is 11.3. The van der Waals surface area contributed by atoms with Crippen molar-refractivity contribution in [1.29, 1.82) is 0 Å². The van der Waals surface area contributed by atoms with Crippen LogP contribution in [0.3, 0.4) is 0 Å². The lowest BCUT2D eigenvalue weighted by atomic mass is 10.1. The van der Waals surface area contributed by atoms with Crippen molar-refractivity contribution >= 4 is 11.0 Å². The Morgan fingerprint density at radius 3 is 3.11 bits per heavy atom. The highest BCUT2D eigenvalue weighted by Gasteiger charge is 2.10. The van der Waals surface area contributed by atoms with Crippen LogP contribution in [0.1, 0.15) is 32.7 Å². The van der Waals surface area contributed by atoms with E-state index < -0.39 is 0 Å². The molecule has 3 rings (SSSR count). The first-order valence-corrected chi connectivity index (χ1v) is 6.76. The molecular weight excluding hydrogens is 236 g/mol. The van der Waals surface area contributed by atoms with Crippen molar-refractivity contribution in [2.24, 2.45) is 0 Å². The molecular formula is C15H18N4. The topological polar surface area (TPSA) is 46.5 Å². The van der Waals surface area contributed by atoms with Gasteiger partial charge < -0.3 is 4.98 Å². The van der Waals surface area contributed by atoms with Gasteiger partial charge in [-0.1, -0.05) is 13.3 Å². The lowest BCUT2D eigenvalue weighted by molar-refractivity contribution is 0.455. The zero-order valence-electron chi connectivity index (χ0n) is 11.3. The SMILES string of the molecule is CCC[C@H](C)n1cc(-c2ccnc3[nH]ccc23)cn1. The quantitative estimate of drug-likeness (QED) is 0.770. The molecule has 0 radical (unpaired) electrons. The molecule has 0 unspecified atom stereocenters. The van der Waals surface area contributed by atoms with Crippen LogP contribution in [-0.4, -0.2) is 19.7 Å². The predicted octanol–water partition coefficient (Wildman–Crippen LogP) is 3.79. The van der Waals surface area contributed by atoms with E-state index >= 15 is 0 Å². The summed E-state index contributed by atoms with van der Waals surface area (Å²) in [5, 5.41) is 5.63. The Balaban J connectivity index is 2.00. The fourth-order valence-electron chi connectivity index (χ4n) is 2.48. The van der Waals surface area contributed by atoms with Crippen molar-refractivity contribution in [3.8, 4) is 11.1 Å². The zero-order chi connectivity index (χ0) is 13.2. The van der Waals surface area contributed by atoms with Gasteiger partial charge in [0.15, 0.2) is 0 Å². The number of aromatic nitrogens is 4. The molecule has 0 spiro atoms. The van der Waals surface area contributed by atoms with Crippen LogP contribution < -0.4 is 0 Å². The minimum absolute atomic E-state index is 0.447. The third-order valence-electron chi connectivity index (χ3n) is 3.53. The Kier molecular flexibility index (Phi) is 3.07. The van der Waals surface area contributed by atoms with Gasteiger partial charge in [-0.2, -0.15) is 5.10 Å². The molecule has 4 nitrogen and oxygen atoms in total. The van der Waals surface area contributed by atoms with Gasteiger partial charge >= 0.3 is 0 Å². The summed E-state index contributed by atoms with van der Waals surface area (Å²) in [5.74, 6) is 0. The summed E-state index contributed by atoms with van der Waals surface area (Å²) in [4.78, 5) is 7.46. The van der Waals surface area contributed by atoms with Gasteiger partial charge in [0.2, 0.25) is 0 Å². The molecule has 4 heteroatoms. The summed E-state index contributed by atoms with van der Waals surface area (Å²) in [7, 11) is 0. The minimum atomic E-state index is 0.447. The molecule has 3 aromatic heterocycles. The van der Waals surface area contributed by atoms with Crippen molar-refractivity contribution in [2.75, 3.05) is 0 Å². The van der Waals surface area contributed by atoms with E-state index in [-0.39, 0.29) is 0 Å². The number of hydrogen-bond acceptors (Lipinski definition) is 2. The van der Waals surface area contributed by atoms with Crippen LogP contribution in [0.25, 0.3) is 22.2 Å². The number of H-pyrrole nitrogens is 1. The fraction of sp³-hybridized carbons (Fsp3) is 0.333. The van der Waals surface area contributed by atoms with Crippen LogP contribution >= 0.6 is 0 Å². The Morgan fingerprint density at radius 1 is 1.37 bits per heavy atom. The molecule has 19 heavy (non-hydrogen) atoms. The Hall–Kier alpha value is -2.10. The maximum Gasteiger partial charge on any atom is 0.137 e. The average molecular weight is 254 g/mol. The average Bonchev–Trinajstić information content (AvgIpc) is 3.07. The monoisotopic (exact) mass is 254 g/mol. The largest absolute Gasteiger partial charge is 0.346 e. The first kappa shape index (κ1) is 12.0. The smallest absolute Gasteiger partial charge is 0.137 e. The summed E-state index contributed by atoms with van der Waals surface area (Å²) in [6.07, 6.45) is 10.1. The number of nitrogens with zero attached hydrogens (tertiary/aromatic N) is 3. The highest BCUT2D eigenvalue weighted by molar-refractivity contribution is 5.92. The molecule has 0 saturated carbocycles. The van der Waals surface area contributed by atoms with Crippen LogP contribution in [0.2, 0.25) is 0 Å². The van der Waals surface area contributed by atoms with E-state index in [0.717, 1.165) is 23.0 Å². The first-order valence-electron chi connectivity index (χ1n) is 6.76. The fourth-order valence-corrected chi connectivity index (χ4v) is 2.48. The normalized spacial score (nSPS) is 12.9. The van der Waals surface area contributed by atoms with Crippen molar-refractivity contribution < 1.29 is 0 Å². The number of nitrogens with one attached hydrogen (secondary N) is 1. The standard InChI is InChI=1S/C15H18N4/c1-3-4-11(2)19-10-12(9-18-19)13-5-7-16-15-14(13)6-8-17-15/h5-11H,3-4H2,1-2H3,(H,16,17)/t11-/m0/s1. The lowest BCUT2D eigenvalue weighted by Crippen LogP contribution is -2.04. The van der Waals surface area contributed by atoms with Gasteiger partial charge in [-0.05, 0) is 31.0 Å². The molecule has 0 fully saturated rings. The predicted molar refractivity (Wildman–Crippen MR) is 76.9 cm³/mol. The second-order valence-electron chi connectivity index (χ2n) is 4.95. The maximum absolute atomic E-state index is 4.49. The van der Waals surface area contributed by atoms with Crippen LogP contribution in [0.4, 0.5) is 0 Å². The van der Waals surface area contributed by atoms with Crippen LogP contribution in [0.5, 0.6) is 0 Å². The van der Waals surface area contributed by atoms with E-state index in [9.17, 15) is 0 Å². The number of pyridine rings is 1. The summed E-state index contributed by atoms with van der Waals surface area (Å²) >= 11 is 0. The van der Waals surface area contributed by atoms with E-state index in [1.807, 2.05) is 24.7 Å². The summed E-state index contributed by atoms with van der Waals surface area (Å²) in [6, 6.07) is 4.55. The Bertz CT molecular complexity index is 680. The van der Waals surface area contributed by atoms with Gasteiger partial charge in [-0.15, -0.1) is 0 Å². The van der Waals surface area contributed by atoms with Crippen LogP contribution in [0, 0.1) is 0 Å². The van der Waals surface area contributed by atoms with Gasteiger partial charge in [-0.25, -0.2) is 4.98 Å². The van der Waals surface area contributed by atoms with Crippen molar-refractivity contribution in [1.82, 2.24) is 19.7 Å². The molecule has 0 aliphatic carbocycles. The molecule has 0 saturated heterocycles. The summed E-state index contributed by atoms with van der Waals surface area (Å²) in [6.45, 7) is 4.41. The number of fused-ring (bicyclic) bond motifs is 1. The van der Waals surface area contributed by atoms with Crippen LogP contribution in [-0.2, 0) is 0 Å². The van der Waals surface area contributed by atoms with Gasteiger partial charge in [0, 0.05) is 35.6 Å². The maximum atomic E-state index is 4.49. The molecule has 3 aromatic rings. The molecule has 0 aromatic carbocycles. The van der Waals surface area contributed by atoms with Gasteiger partial charge in [0.25, 0.3) is 0 Å². The molecule has 0 amide bonds. The second-order valence-corrected chi connectivity index (χ2v) is 4.95. The molecule has 3 heterocycles. The van der Waals surface area contributed by atoms with E-state index in [1.165, 1.54) is 12.0 Å². The number of aromatic amines is 1. The van der Waals surface area contributed by atoms with E-state index in [2.05, 4.69) is 45.9 Å². The van der Waals surface area contributed by atoms with E-state index in [4.69, 9.17) is 0 Å². The van der Waals surface area contributed by atoms with Crippen molar-refractivity contribution in [3.05, 3.63) is 36.9 Å². The molecule has 0 aliphatic rings. The van der Waals surface area contributed by atoms with E-state index in [1.54, 1.807) is 0 Å². The molecule has 0 bridgehead atoms. The number of hydrogen-bond donors (Lipinski definition) is 1. The highest BCUT2D eigenvalue weighted by Crippen LogP contribution is 2.27. The minimum Gasteiger partial charge on any atom is -0.346 e. The van der Waals surface area contributed by atoms with Gasteiger partial charge in [-0.3, -0.25) is 4.68 Å². The second kappa shape index (κ2) is 4.88.